The molecule has 0 bridgehead atoms. The number of nitrogens with zero attached hydrogens (tertiary/aromatic N) is 2. The van der Waals surface area contributed by atoms with E-state index in [2.05, 4.69) is 64.3 Å². The summed E-state index contributed by atoms with van der Waals surface area (Å²) in [5.41, 5.74) is 6.21. The molecule has 4 nitrogen and oxygen atoms in total. The molecule has 0 fully saturated rings. The average Bonchev–Trinajstić information content (AvgIpc) is 3.17. The van der Waals surface area contributed by atoms with E-state index in [1.54, 1.807) is 18.2 Å². The van der Waals surface area contributed by atoms with Crippen molar-refractivity contribution in [3.8, 4) is 5.69 Å². The van der Waals surface area contributed by atoms with Crippen LogP contribution in [-0.4, -0.2) is 15.5 Å². The van der Waals surface area contributed by atoms with Gasteiger partial charge in [-0.15, -0.1) is 0 Å². The zero-order valence-electron chi connectivity index (χ0n) is 18.1. The molecule has 0 spiro atoms. The molecule has 0 unspecified atom stereocenters. The molecule has 5 heteroatoms. The summed E-state index contributed by atoms with van der Waals surface area (Å²) in [4.78, 5) is 16.9. The van der Waals surface area contributed by atoms with Crippen molar-refractivity contribution in [2.75, 3.05) is 0 Å². The van der Waals surface area contributed by atoms with Gasteiger partial charge in [-0.2, -0.15) is 0 Å². The van der Waals surface area contributed by atoms with Crippen LogP contribution in [0, 0.1) is 6.92 Å². The highest BCUT2D eigenvalue weighted by atomic mass is 35.5. The largest absolute Gasteiger partial charge is 0.347 e. The molecular formula is C28H22ClN3O. The number of para-hydroxylation sites is 1. The minimum absolute atomic E-state index is 0.172. The fraction of sp³-hybridized carbons (Fsp3) is 0.0714. The zero-order valence-corrected chi connectivity index (χ0v) is 18.9. The van der Waals surface area contributed by atoms with Crippen LogP contribution in [0.3, 0.4) is 0 Å². The Bertz CT molecular complexity index is 1480. The van der Waals surface area contributed by atoms with Crippen molar-refractivity contribution >= 4 is 45.4 Å². The maximum Gasteiger partial charge on any atom is 0.244 e. The normalized spacial score (nSPS) is 11.5. The number of aromatic nitrogens is 2. The van der Waals surface area contributed by atoms with Crippen LogP contribution in [0.4, 0.5) is 0 Å². The van der Waals surface area contributed by atoms with E-state index in [1.807, 2.05) is 30.5 Å². The highest BCUT2D eigenvalue weighted by molar-refractivity contribution is 6.30. The number of rotatable bonds is 5. The number of fused-ring (bicyclic) bond motifs is 3. The second kappa shape index (κ2) is 8.93. The summed E-state index contributed by atoms with van der Waals surface area (Å²) in [6.45, 7) is 2.44. The van der Waals surface area contributed by atoms with Crippen LogP contribution < -0.4 is 5.32 Å². The Kier molecular flexibility index (Phi) is 5.68. The molecule has 162 valence electrons. The van der Waals surface area contributed by atoms with Crippen molar-refractivity contribution in [2.45, 2.75) is 13.5 Å². The molecule has 0 aliphatic heterocycles. The molecule has 0 aliphatic rings. The average molecular weight is 452 g/mol. The fourth-order valence-electron chi connectivity index (χ4n) is 3.96. The van der Waals surface area contributed by atoms with Crippen molar-refractivity contribution < 1.29 is 4.79 Å². The predicted octanol–water partition coefficient (Wildman–Crippen LogP) is 6.47. The van der Waals surface area contributed by atoms with E-state index in [-0.39, 0.29) is 5.91 Å². The summed E-state index contributed by atoms with van der Waals surface area (Å²) in [7, 11) is 0. The summed E-state index contributed by atoms with van der Waals surface area (Å²) in [6.07, 6.45) is 5.17. The van der Waals surface area contributed by atoms with Crippen LogP contribution >= 0.6 is 11.6 Å². The number of benzene rings is 3. The van der Waals surface area contributed by atoms with Crippen LogP contribution in [0.1, 0.15) is 16.8 Å². The second-order valence-corrected chi connectivity index (χ2v) is 8.42. The summed E-state index contributed by atoms with van der Waals surface area (Å²) in [6, 6.07) is 26.2. The molecule has 3 aromatic carbocycles. The number of halogens is 1. The molecule has 0 aliphatic carbocycles. The van der Waals surface area contributed by atoms with Gasteiger partial charge in [0.2, 0.25) is 5.91 Å². The van der Waals surface area contributed by atoms with E-state index in [9.17, 15) is 4.79 Å². The Morgan fingerprint density at radius 1 is 0.970 bits per heavy atom. The van der Waals surface area contributed by atoms with E-state index < -0.39 is 0 Å². The summed E-state index contributed by atoms with van der Waals surface area (Å²) in [5.74, 6) is -0.172. The number of nitrogens with one attached hydrogen (secondary N) is 1. The van der Waals surface area contributed by atoms with Gasteiger partial charge in [0.1, 0.15) is 0 Å². The summed E-state index contributed by atoms with van der Waals surface area (Å²) >= 11 is 5.90. The van der Waals surface area contributed by atoms with Crippen molar-refractivity contribution in [2.24, 2.45) is 0 Å². The van der Waals surface area contributed by atoms with Crippen LogP contribution in [0.5, 0.6) is 0 Å². The zero-order chi connectivity index (χ0) is 22.8. The third kappa shape index (κ3) is 4.38. The lowest BCUT2D eigenvalue weighted by Gasteiger charge is -2.08. The standard InChI is InChI=1S/C28H22ClN3O/c1-19-6-13-23(14-7-19)32-26-5-3-2-4-24(26)25-16-22(30-18-27(25)32)17-31-28(33)15-10-20-8-11-21(29)12-9-20/h2-16,18H,17H2,1H3,(H,31,33)/b15-10+. The van der Waals surface area contributed by atoms with Crippen molar-refractivity contribution in [1.82, 2.24) is 14.9 Å². The minimum atomic E-state index is -0.172. The first-order valence-electron chi connectivity index (χ1n) is 10.7. The highest BCUT2D eigenvalue weighted by Gasteiger charge is 2.13. The quantitative estimate of drug-likeness (QED) is 0.311. The molecule has 0 radical (unpaired) electrons. The number of carbonyl (C=O) groups is 1. The van der Waals surface area contributed by atoms with Crippen LogP contribution in [0.2, 0.25) is 5.02 Å². The Morgan fingerprint density at radius 2 is 1.73 bits per heavy atom. The second-order valence-electron chi connectivity index (χ2n) is 7.98. The van der Waals surface area contributed by atoms with Gasteiger partial charge >= 0.3 is 0 Å². The van der Waals surface area contributed by atoms with Crippen molar-refractivity contribution in [3.05, 3.63) is 113 Å². The molecular weight excluding hydrogens is 430 g/mol. The van der Waals surface area contributed by atoms with Crippen molar-refractivity contribution in [3.63, 3.8) is 0 Å². The lowest BCUT2D eigenvalue weighted by atomic mass is 10.1. The molecule has 5 rings (SSSR count). The van der Waals surface area contributed by atoms with Gasteiger partial charge in [-0.25, -0.2) is 0 Å². The van der Waals surface area contributed by atoms with Gasteiger partial charge in [0.15, 0.2) is 0 Å². The van der Waals surface area contributed by atoms with Crippen LogP contribution in [0.15, 0.2) is 91.1 Å². The molecule has 0 atom stereocenters. The van der Waals surface area contributed by atoms with Gasteiger partial charge in [0.05, 0.1) is 29.5 Å². The number of carbonyl (C=O) groups excluding carboxylic acids is 1. The SMILES string of the molecule is Cc1ccc(-n2c3ccccc3c3cc(CNC(=O)/C=C/c4ccc(Cl)cc4)ncc32)cc1. The van der Waals surface area contributed by atoms with Crippen LogP contribution in [0.25, 0.3) is 33.6 Å². The van der Waals surface area contributed by atoms with E-state index in [4.69, 9.17) is 11.6 Å². The summed E-state index contributed by atoms with van der Waals surface area (Å²) < 4.78 is 2.23. The molecule has 0 saturated heterocycles. The topological polar surface area (TPSA) is 46.9 Å². The third-order valence-corrected chi connectivity index (χ3v) is 5.90. The van der Waals surface area contributed by atoms with Gasteiger partial charge in [0, 0.05) is 27.6 Å². The molecule has 2 heterocycles. The van der Waals surface area contributed by atoms with Gasteiger partial charge in [0.25, 0.3) is 0 Å². The maximum absolute atomic E-state index is 12.3. The monoisotopic (exact) mass is 451 g/mol. The number of aryl methyl sites for hydroxylation is 1. The van der Waals surface area contributed by atoms with E-state index in [0.717, 1.165) is 38.8 Å². The van der Waals surface area contributed by atoms with Gasteiger partial charge in [-0.1, -0.05) is 59.6 Å². The Morgan fingerprint density at radius 3 is 2.52 bits per heavy atom. The van der Waals surface area contributed by atoms with E-state index in [1.165, 1.54) is 11.6 Å². The first kappa shape index (κ1) is 21.0. The lowest BCUT2D eigenvalue weighted by Crippen LogP contribution is -2.20. The molecule has 5 aromatic rings. The number of hydrogen-bond donors (Lipinski definition) is 1. The number of pyridine rings is 1. The van der Waals surface area contributed by atoms with Gasteiger partial charge in [-0.05, 0) is 55.0 Å². The van der Waals surface area contributed by atoms with E-state index >= 15 is 0 Å². The molecule has 2 aromatic heterocycles. The molecule has 0 saturated carbocycles. The first-order valence-corrected chi connectivity index (χ1v) is 11.1. The van der Waals surface area contributed by atoms with Crippen LogP contribution in [-0.2, 0) is 11.3 Å². The Balaban J connectivity index is 1.41. The minimum Gasteiger partial charge on any atom is -0.347 e. The fourth-order valence-corrected chi connectivity index (χ4v) is 4.09. The van der Waals surface area contributed by atoms with Crippen molar-refractivity contribution in [1.29, 1.82) is 0 Å². The van der Waals surface area contributed by atoms with Gasteiger partial charge in [-0.3, -0.25) is 9.78 Å². The summed E-state index contributed by atoms with van der Waals surface area (Å²) in [5, 5.41) is 5.86. The third-order valence-electron chi connectivity index (χ3n) is 5.65. The lowest BCUT2D eigenvalue weighted by molar-refractivity contribution is -0.116. The Hall–Kier alpha value is -3.89. The smallest absolute Gasteiger partial charge is 0.244 e. The number of hydrogen-bond acceptors (Lipinski definition) is 2. The molecule has 1 amide bonds. The molecule has 33 heavy (non-hydrogen) atoms. The van der Waals surface area contributed by atoms with Gasteiger partial charge < -0.3 is 9.88 Å². The number of amides is 1. The predicted molar refractivity (Wildman–Crippen MR) is 136 cm³/mol. The van der Waals surface area contributed by atoms with E-state index in [0.29, 0.717) is 11.6 Å². The molecule has 1 N–H and O–H groups in total. The first-order chi connectivity index (χ1) is 16.1. The Labute approximate surface area is 197 Å². The highest BCUT2D eigenvalue weighted by Crippen LogP contribution is 2.31. The maximum atomic E-state index is 12.3.